The van der Waals surface area contributed by atoms with Crippen LogP contribution in [0.2, 0.25) is 0 Å². The number of thiazole rings is 1. The van der Waals surface area contributed by atoms with Gasteiger partial charge in [0.2, 0.25) is 0 Å². The molecule has 2 aromatic rings. The fourth-order valence-corrected chi connectivity index (χ4v) is 3.90. The second-order valence-electron chi connectivity index (χ2n) is 7.22. The first-order valence-electron chi connectivity index (χ1n) is 9.87. The first-order valence-corrected chi connectivity index (χ1v) is 10.7. The van der Waals surface area contributed by atoms with E-state index in [4.69, 9.17) is 4.74 Å². The highest BCUT2D eigenvalue weighted by Crippen LogP contribution is 2.24. The molecule has 2 rings (SSSR count). The number of carbonyl (C=O) groups is 1. The summed E-state index contributed by atoms with van der Waals surface area (Å²) < 4.78 is 7.13. The standard InChI is InChI=1S/C20H32N6O2S/c1-8-28-19(27)17-15(5)23-18(29-17)16(6)24-20(21-7)22-10-12(2)11-26-14(4)9-13(3)25-26/h9,12,16H,8,10-11H2,1-7H3,(H2,21,22,24). The third-order valence-corrected chi connectivity index (χ3v) is 5.75. The quantitative estimate of drug-likeness (QED) is 0.387. The summed E-state index contributed by atoms with van der Waals surface area (Å²) >= 11 is 1.36. The van der Waals surface area contributed by atoms with E-state index in [2.05, 4.69) is 45.6 Å². The average molecular weight is 421 g/mol. The molecule has 0 saturated heterocycles. The molecule has 0 aromatic carbocycles. The first-order chi connectivity index (χ1) is 13.7. The van der Waals surface area contributed by atoms with E-state index < -0.39 is 0 Å². The van der Waals surface area contributed by atoms with Gasteiger partial charge in [0.05, 0.1) is 24.0 Å². The van der Waals surface area contributed by atoms with Gasteiger partial charge in [0.25, 0.3) is 0 Å². The minimum atomic E-state index is -0.318. The Balaban J connectivity index is 1.91. The van der Waals surface area contributed by atoms with Crippen LogP contribution in [0.1, 0.15) is 58.6 Å². The van der Waals surface area contributed by atoms with Gasteiger partial charge in [0, 0.05) is 25.8 Å². The van der Waals surface area contributed by atoms with Crippen LogP contribution in [0.15, 0.2) is 11.1 Å². The van der Waals surface area contributed by atoms with Gasteiger partial charge in [-0.1, -0.05) is 6.92 Å². The molecular weight excluding hydrogens is 388 g/mol. The van der Waals surface area contributed by atoms with E-state index in [1.165, 1.54) is 17.0 Å². The van der Waals surface area contributed by atoms with Crippen molar-refractivity contribution in [3.05, 3.63) is 33.0 Å². The van der Waals surface area contributed by atoms with Gasteiger partial charge in [-0.3, -0.25) is 9.67 Å². The number of nitrogens with zero attached hydrogens (tertiary/aromatic N) is 4. The maximum atomic E-state index is 12.0. The van der Waals surface area contributed by atoms with Gasteiger partial charge in [0.15, 0.2) is 5.96 Å². The summed E-state index contributed by atoms with van der Waals surface area (Å²) in [6.45, 7) is 13.8. The van der Waals surface area contributed by atoms with Gasteiger partial charge in [-0.2, -0.15) is 5.10 Å². The maximum Gasteiger partial charge on any atom is 0.350 e. The summed E-state index contributed by atoms with van der Waals surface area (Å²) in [6, 6.07) is 2.00. The molecule has 8 nitrogen and oxygen atoms in total. The highest BCUT2D eigenvalue weighted by Gasteiger charge is 2.20. The molecule has 2 N–H and O–H groups in total. The lowest BCUT2D eigenvalue weighted by Crippen LogP contribution is -2.41. The minimum absolute atomic E-state index is 0.0839. The number of guanidine groups is 1. The number of aryl methyl sites for hydroxylation is 3. The number of rotatable bonds is 8. The summed E-state index contributed by atoms with van der Waals surface area (Å²) in [7, 11) is 1.74. The lowest BCUT2D eigenvalue weighted by molar-refractivity contribution is 0.0531. The van der Waals surface area contributed by atoms with Crippen LogP contribution in [0.3, 0.4) is 0 Å². The number of hydrogen-bond acceptors (Lipinski definition) is 6. The second kappa shape index (κ2) is 10.4. The Morgan fingerprint density at radius 1 is 1.34 bits per heavy atom. The van der Waals surface area contributed by atoms with Crippen molar-refractivity contribution in [1.29, 1.82) is 0 Å². The molecule has 2 heterocycles. The molecule has 0 radical (unpaired) electrons. The first kappa shape index (κ1) is 22.9. The van der Waals surface area contributed by atoms with Crippen LogP contribution >= 0.6 is 11.3 Å². The monoisotopic (exact) mass is 420 g/mol. The maximum absolute atomic E-state index is 12.0. The molecule has 0 fully saturated rings. The summed E-state index contributed by atoms with van der Waals surface area (Å²) in [5, 5.41) is 12.1. The van der Waals surface area contributed by atoms with Crippen LogP contribution in [0.4, 0.5) is 0 Å². The predicted molar refractivity (Wildman–Crippen MR) is 117 cm³/mol. The lowest BCUT2D eigenvalue weighted by Gasteiger charge is -2.19. The van der Waals surface area contributed by atoms with Crippen molar-refractivity contribution >= 4 is 23.3 Å². The van der Waals surface area contributed by atoms with Crippen LogP contribution in [0.5, 0.6) is 0 Å². The van der Waals surface area contributed by atoms with Gasteiger partial charge < -0.3 is 15.4 Å². The number of aromatic nitrogens is 3. The van der Waals surface area contributed by atoms with E-state index in [9.17, 15) is 4.79 Å². The van der Waals surface area contributed by atoms with Crippen LogP contribution in [-0.4, -0.2) is 46.9 Å². The molecule has 0 aliphatic heterocycles. The van der Waals surface area contributed by atoms with Crippen molar-refractivity contribution in [2.45, 2.75) is 54.1 Å². The molecule has 0 aliphatic carbocycles. The van der Waals surface area contributed by atoms with Crippen molar-refractivity contribution in [3.8, 4) is 0 Å². The zero-order chi connectivity index (χ0) is 21.6. The molecule has 0 saturated carbocycles. The zero-order valence-electron chi connectivity index (χ0n) is 18.4. The molecule has 0 spiro atoms. The van der Waals surface area contributed by atoms with Crippen LogP contribution in [0.25, 0.3) is 0 Å². The van der Waals surface area contributed by atoms with Crippen molar-refractivity contribution in [3.63, 3.8) is 0 Å². The van der Waals surface area contributed by atoms with E-state index in [0.717, 1.165) is 23.8 Å². The fourth-order valence-electron chi connectivity index (χ4n) is 2.94. The Bertz CT molecular complexity index is 857. The number of esters is 1. The Hall–Kier alpha value is -2.42. The highest BCUT2D eigenvalue weighted by molar-refractivity contribution is 7.13. The zero-order valence-corrected chi connectivity index (χ0v) is 19.2. The summed E-state index contributed by atoms with van der Waals surface area (Å²) in [5.41, 5.74) is 2.90. The predicted octanol–water partition coefficient (Wildman–Crippen LogP) is 3.00. The van der Waals surface area contributed by atoms with E-state index in [-0.39, 0.29) is 12.0 Å². The number of ether oxygens (including phenoxy) is 1. The third kappa shape index (κ3) is 6.28. The van der Waals surface area contributed by atoms with Crippen molar-refractivity contribution in [2.24, 2.45) is 10.9 Å². The molecule has 2 atom stereocenters. The Morgan fingerprint density at radius 2 is 2.07 bits per heavy atom. The second-order valence-corrected chi connectivity index (χ2v) is 8.25. The fraction of sp³-hybridized carbons (Fsp3) is 0.600. The van der Waals surface area contributed by atoms with E-state index in [0.29, 0.717) is 29.1 Å². The largest absolute Gasteiger partial charge is 0.462 e. The van der Waals surface area contributed by atoms with Crippen molar-refractivity contribution < 1.29 is 9.53 Å². The third-order valence-electron chi connectivity index (χ3n) is 4.43. The molecule has 0 aliphatic rings. The molecular formula is C20H32N6O2S. The Labute approximate surface area is 176 Å². The molecule has 9 heteroatoms. The lowest BCUT2D eigenvalue weighted by atomic mass is 10.2. The van der Waals surface area contributed by atoms with Gasteiger partial charge in [-0.05, 0) is 46.6 Å². The molecule has 0 amide bonds. The Morgan fingerprint density at radius 3 is 2.66 bits per heavy atom. The smallest absolute Gasteiger partial charge is 0.350 e. The van der Waals surface area contributed by atoms with Gasteiger partial charge in [-0.25, -0.2) is 9.78 Å². The summed E-state index contributed by atoms with van der Waals surface area (Å²) in [6.07, 6.45) is 0. The molecule has 160 valence electrons. The van der Waals surface area contributed by atoms with Crippen LogP contribution < -0.4 is 10.6 Å². The summed E-state index contributed by atoms with van der Waals surface area (Å²) in [5.74, 6) is 0.754. The van der Waals surface area contributed by atoms with Gasteiger partial charge >= 0.3 is 5.97 Å². The SMILES string of the molecule is CCOC(=O)c1sc(C(C)NC(=NC)NCC(C)Cn2nc(C)cc2C)nc1C. The van der Waals surface area contributed by atoms with Gasteiger partial charge in [0.1, 0.15) is 9.88 Å². The molecule has 2 unspecified atom stereocenters. The van der Waals surface area contributed by atoms with E-state index in [1.807, 2.05) is 25.5 Å². The highest BCUT2D eigenvalue weighted by atomic mass is 32.1. The molecule has 2 aromatic heterocycles. The minimum Gasteiger partial charge on any atom is -0.462 e. The topological polar surface area (TPSA) is 93.4 Å². The molecule has 0 bridgehead atoms. The van der Waals surface area contributed by atoms with Crippen molar-refractivity contribution in [1.82, 2.24) is 25.4 Å². The number of hydrogen-bond donors (Lipinski definition) is 2. The van der Waals surface area contributed by atoms with Gasteiger partial charge in [-0.15, -0.1) is 11.3 Å². The van der Waals surface area contributed by atoms with E-state index in [1.54, 1.807) is 14.0 Å². The summed E-state index contributed by atoms with van der Waals surface area (Å²) in [4.78, 5) is 21.4. The number of carbonyl (C=O) groups excluding carboxylic acids is 1. The number of nitrogens with one attached hydrogen (secondary N) is 2. The van der Waals surface area contributed by atoms with Crippen molar-refractivity contribution in [2.75, 3.05) is 20.2 Å². The number of aliphatic imine (C=N–C) groups is 1. The normalized spacial score (nSPS) is 13.8. The average Bonchev–Trinajstić information content (AvgIpc) is 3.20. The van der Waals surface area contributed by atoms with E-state index >= 15 is 0 Å². The van der Waals surface area contributed by atoms with Crippen LogP contribution in [0, 0.1) is 26.7 Å². The van der Waals surface area contributed by atoms with Crippen LogP contribution in [-0.2, 0) is 11.3 Å². The Kier molecular flexibility index (Phi) is 8.19. The molecule has 29 heavy (non-hydrogen) atoms.